The smallest absolute Gasteiger partial charge is 0.192 e. The van der Waals surface area contributed by atoms with Gasteiger partial charge in [-0.25, -0.2) is 19.6 Å². The Labute approximate surface area is 129 Å². The van der Waals surface area contributed by atoms with Gasteiger partial charge in [-0.1, -0.05) is 27.7 Å². The molecule has 0 amide bonds. The Morgan fingerprint density at radius 3 is 2.62 bits per heavy atom. The van der Waals surface area contributed by atoms with Crippen molar-refractivity contribution in [2.24, 2.45) is 7.05 Å². The van der Waals surface area contributed by atoms with E-state index in [0.717, 1.165) is 34.8 Å². The van der Waals surface area contributed by atoms with E-state index in [4.69, 9.17) is 0 Å². The molecule has 0 saturated heterocycles. The standard InChI is InChI=1S/C14H22N6S/c1-6-7-15-10-8-11(19-12(18-10)14(2,3)4)21-13-16-9-17-20(13)5/h8-9H,6-7H2,1-5H3,(H,15,18,19). The highest BCUT2D eigenvalue weighted by Crippen LogP contribution is 2.28. The van der Waals surface area contributed by atoms with Crippen LogP contribution in [0.3, 0.4) is 0 Å². The summed E-state index contributed by atoms with van der Waals surface area (Å²) >= 11 is 1.50. The van der Waals surface area contributed by atoms with Gasteiger partial charge < -0.3 is 5.32 Å². The van der Waals surface area contributed by atoms with Gasteiger partial charge in [0, 0.05) is 25.1 Å². The Morgan fingerprint density at radius 2 is 2.05 bits per heavy atom. The van der Waals surface area contributed by atoms with Crippen molar-refractivity contribution in [3.8, 4) is 0 Å². The van der Waals surface area contributed by atoms with E-state index >= 15 is 0 Å². The van der Waals surface area contributed by atoms with E-state index in [1.165, 1.54) is 11.8 Å². The minimum Gasteiger partial charge on any atom is -0.370 e. The molecule has 0 fully saturated rings. The Morgan fingerprint density at radius 1 is 1.29 bits per heavy atom. The van der Waals surface area contributed by atoms with Crippen LogP contribution in [0, 0.1) is 0 Å². The first-order chi connectivity index (χ1) is 9.90. The molecule has 2 aromatic rings. The SMILES string of the molecule is CCCNc1cc(Sc2ncnn2C)nc(C(C)(C)C)n1. The lowest BCUT2D eigenvalue weighted by molar-refractivity contribution is 0.539. The highest BCUT2D eigenvalue weighted by Gasteiger charge is 2.20. The zero-order valence-electron chi connectivity index (χ0n) is 13.2. The first kappa shape index (κ1) is 15.8. The van der Waals surface area contributed by atoms with Gasteiger partial charge in [-0.2, -0.15) is 5.10 Å². The first-order valence-corrected chi connectivity index (χ1v) is 7.87. The number of hydrogen-bond donors (Lipinski definition) is 1. The van der Waals surface area contributed by atoms with Gasteiger partial charge in [0.1, 0.15) is 23.0 Å². The summed E-state index contributed by atoms with van der Waals surface area (Å²) in [6.45, 7) is 9.37. The fourth-order valence-corrected chi connectivity index (χ4v) is 2.40. The van der Waals surface area contributed by atoms with Crippen LogP contribution >= 0.6 is 11.8 Å². The normalized spacial score (nSPS) is 11.7. The van der Waals surface area contributed by atoms with E-state index in [9.17, 15) is 0 Å². The molecule has 0 bridgehead atoms. The zero-order chi connectivity index (χ0) is 15.5. The molecule has 2 aromatic heterocycles. The molecule has 0 aliphatic heterocycles. The number of aromatic nitrogens is 5. The summed E-state index contributed by atoms with van der Waals surface area (Å²) in [5.41, 5.74) is -0.0981. The molecule has 1 N–H and O–H groups in total. The van der Waals surface area contributed by atoms with E-state index < -0.39 is 0 Å². The van der Waals surface area contributed by atoms with Gasteiger partial charge in [0.25, 0.3) is 0 Å². The molecule has 0 unspecified atom stereocenters. The zero-order valence-corrected chi connectivity index (χ0v) is 14.0. The molecule has 6 nitrogen and oxygen atoms in total. The van der Waals surface area contributed by atoms with Crippen molar-refractivity contribution < 1.29 is 0 Å². The molecule has 2 rings (SSSR count). The lowest BCUT2D eigenvalue weighted by atomic mass is 9.96. The van der Waals surface area contributed by atoms with E-state index in [2.05, 4.69) is 53.1 Å². The summed E-state index contributed by atoms with van der Waals surface area (Å²) in [5, 5.41) is 9.11. The maximum atomic E-state index is 4.66. The van der Waals surface area contributed by atoms with Crippen LogP contribution in [0.15, 0.2) is 22.6 Å². The van der Waals surface area contributed by atoms with Crippen molar-refractivity contribution in [3.63, 3.8) is 0 Å². The molecule has 0 radical (unpaired) electrons. The van der Waals surface area contributed by atoms with Crippen LogP contribution in [0.5, 0.6) is 0 Å². The first-order valence-electron chi connectivity index (χ1n) is 7.05. The highest BCUT2D eigenvalue weighted by atomic mass is 32.2. The average molecular weight is 306 g/mol. The second-order valence-corrected chi connectivity index (χ2v) is 6.85. The minimum absolute atomic E-state index is 0.0981. The predicted molar refractivity (Wildman–Crippen MR) is 84.6 cm³/mol. The van der Waals surface area contributed by atoms with Crippen molar-refractivity contribution in [2.45, 2.75) is 49.7 Å². The van der Waals surface area contributed by atoms with Crippen LogP contribution in [-0.2, 0) is 12.5 Å². The van der Waals surface area contributed by atoms with Gasteiger partial charge in [0.15, 0.2) is 5.16 Å². The maximum Gasteiger partial charge on any atom is 0.192 e. The Balaban J connectivity index is 2.33. The van der Waals surface area contributed by atoms with Crippen molar-refractivity contribution in [1.29, 1.82) is 0 Å². The third kappa shape index (κ3) is 4.17. The van der Waals surface area contributed by atoms with Gasteiger partial charge in [-0.15, -0.1) is 0 Å². The molecule has 0 spiro atoms. The summed E-state index contributed by atoms with van der Waals surface area (Å²) in [7, 11) is 1.87. The van der Waals surface area contributed by atoms with Crippen LogP contribution in [0.4, 0.5) is 5.82 Å². The van der Waals surface area contributed by atoms with E-state index in [1.54, 1.807) is 11.0 Å². The minimum atomic E-state index is -0.0981. The quantitative estimate of drug-likeness (QED) is 0.857. The fourth-order valence-electron chi connectivity index (χ4n) is 1.63. The van der Waals surface area contributed by atoms with Crippen LogP contribution < -0.4 is 5.32 Å². The second kappa shape index (κ2) is 6.43. The molecule has 0 aromatic carbocycles. The van der Waals surface area contributed by atoms with Crippen molar-refractivity contribution in [2.75, 3.05) is 11.9 Å². The van der Waals surface area contributed by atoms with Gasteiger partial charge in [-0.3, -0.25) is 0 Å². The lowest BCUT2D eigenvalue weighted by Gasteiger charge is -2.18. The topological polar surface area (TPSA) is 68.5 Å². The molecule has 114 valence electrons. The molecule has 0 saturated carbocycles. The summed E-state index contributed by atoms with van der Waals surface area (Å²) in [6.07, 6.45) is 2.60. The number of nitrogens with zero attached hydrogens (tertiary/aromatic N) is 5. The van der Waals surface area contributed by atoms with Gasteiger partial charge >= 0.3 is 0 Å². The van der Waals surface area contributed by atoms with Gasteiger partial charge in [0.2, 0.25) is 0 Å². The van der Waals surface area contributed by atoms with E-state index in [0.29, 0.717) is 0 Å². The molecule has 0 aliphatic carbocycles. The van der Waals surface area contributed by atoms with Crippen LogP contribution in [-0.4, -0.2) is 31.3 Å². The maximum absolute atomic E-state index is 4.66. The summed E-state index contributed by atoms with van der Waals surface area (Å²) in [5.74, 6) is 1.69. The molecule has 2 heterocycles. The van der Waals surface area contributed by atoms with Crippen molar-refractivity contribution >= 4 is 17.6 Å². The Bertz CT molecular complexity index is 602. The average Bonchev–Trinajstić information content (AvgIpc) is 2.81. The van der Waals surface area contributed by atoms with Gasteiger partial charge in [-0.05, 0) is 18.2 Å². The molecule has 21 heavy (non-hydrogen) atoms. The number of nitrogens with one attached hydrogen (secondary N) is 1. The second-order valence-electron chi connectivity index (χ2n) is 5.86. The number of anilines is 1. The van der Waals surface area contributed by atoms with Gasteiger partial charge in [0.05, 0.1) is 0 Å². The summed E-state index contributed by atoms with van der Waals surface area (Å²) < 4.78 is 1.74. The van der Waals surface area contributed by atoms with E-state index in [1.807, 2.05) is 13.1 Å². The molecular formula is C14H22N6S. The third-order valence-electron chi connectivity index (χ3n) is 2.80. The molecular weight excluding hydrogens is 284 g/mol. The number of rotatable bonds is 5. The molecule has 0 atom stereocenters. The Kier molecular flexibility index (Phi) is 4.82. The van der Waals surface area contributed by atoms with Crippen molar-refractivity contribution in [1.82, 2.24) is 24.7 Å². The number of hydrogen-bond acceptors (Lipinski definition) is 6. The number of aryl methyl sites for hydroxylation is 1. The van der Waals surface area contributed by atoms with Crippen molar-refractivity contribution in [3.05, 3.63) is 18.2 Å². The molecule has 7 heteroatoms. The molecule has 0 aliphatic rings. The van der Waals surface area contributed by atoms with Crippen LogP contribution in [0.25, 0.3) is 0 Å². The largest absolute Gasteiger partial charge is 0.370 e. The third-order valence-corrected chi connectivity index (χ3v) is 3.77. The monoisotopic (exact) mass is 306 g/mol. The van der Waals surface area contributed by atoms with Crippen LogP contribution in [0.1, 0.15) is 39.9 Å². The summed E-state index contributed by atoms with van der Waals surface area (Å²) in [6, 6.07) is 1.96. The van der Waals surface area contributed by atoms with E-state index in [-0.39, 0.29) is 5.41 Å². The summed E-state index contributed by atoms with van der Waals surface area (Å²) in [4.78, 5) is 13.5. The lowest BCUT2D eigenvalue weighted by Crippen LogP contribution is -2.18. The fraction of sp³-hybridized carbons (Fsp3) is 0.571. The Hall–Kier alpha value is -1.63. The highest BCUT2D eigenvalue weighted by molar-refractivity contribution is 7.99. The van der Waals surface area contributed by atoms with Crippen LogP contribution in [0.2, 0.25) is 0 Å². The predicted octanol–water partition coefficient (Wildman–Crippen LogP) is 2.88.